The van der Waals surface area contributed by atoms with Gasteiger partial charge in [-0.15, -0.1) is 0 Å². The molecule has 0 saturated carbocycles. The van der Waals surface area contributed by atoms with Crippen LogP contribution in [-0.4, -0.2) is 38.4 Å². The Morgan fingerprint density at radius 3 is 2.44 bits per heavy atom. The predicted molar refractivity (Wildman–Crippen MR) is 163 cm³/mol. The lowest BCUT2D eigenvalue weighted by molar-refractivity contribution is -0.121. The number of nitrogens with one attached hydrogen (secondary N) is 1. The molecule has 228 valence electrons. The highest BCUT2D eigenvalue weighted by Crippen LogP contribution is 2.36. The van der Waals surface area contributed by atoms with Crippen molar-refractivity contribution in [2.24, 2.45) is 7.05 Å². The van der Waals surface area contributed by atoms with E-state index in [-0.39, 0.29) is 60.3 Å². The third kappa shape index (κ3) is 9.59. The van der Waals surface area contributed by atoms with Crippen molar-refractivity contribution in [1.29, 1.82) is 0 Å². The van der Waals surface area contributed by atoms with Crippen LogP contribution in [0.25, 0.3) is 12.2 Å². The first-order valence-corrected chi connectivity index (χ1v) is 13.9. The summed E-state index contributed by atoms with van der Waals surface area (Å²) in [7, 11) is 1.67. The van der Waals surface area contributed by atoms with Crippen molar-refractivity contribution < 1.29 is 34.0 Å². The van der Waals surface area contributed by atoms with Crippen LogP contribution in [0.15, 0.2) is 59.0 Å². The molecule has 0 spiro atoms. The number of amides is 1. The molecule has 0 unspecified atom stereocenters. The molecule has 0 aliphatic heterocycles. The molecule has 1 amide bonds. The number of allylic oxidation sites excluding steroid dienone is 2. The van der Waals surface area contributed by atoms with Gasteiger partial charge in [-0.3, -0.25) is 9.59 Å². The first kappa shape index (κ1) is 32.7. The standard InChI is InChI=1S/C33H37FN2O7/c1-21(2)8-15-26-29(17-23(31(32(26)40)33(41)42)12-9-22-10-13-24(34)14-11-22)43-16-6-4-5-7-30(39)35-19-25-18-27(37)28(38)20-36(25)3/h8-14,17-18,20,38,40H,4-7,15-16,19H2,1-3H3,(H,35,39)(H,41,42)/b12-9+. The van der Waals surface area contributed by atoms with Crippen LogP contribution in [0, 0.1) is 5.82 Å². The van der Waals surface area contributed by atoms with Crippen LogP contribution in [0.4, 0.5) is 4.39 Å². The molecule has 2 aromatic carbocycles. The Labute approximate surface area is 249 Å². The summed E-state index contributed by atoms with van der Waals surface area (Å²) in [5.74, 6) is -2.21. The number of carbonyl (C=O) groups is 2. The second-order valence-corrected chi connectivity index (χ2v) is 10.4. The van der Waals surface area contributed by atoms with Crippen LogP contribution < -0.4 is 15.5 Å². The lowest BCUT2D eigenvalue weighted by Gasteiger charge is -2.16. The van der Waals surface area contributed by atoms with E-state index in [0.717, 1.165) is 5.57 Å². The van der Waals surface area contributed by atoms with Crippen molar-refractivity contribution in [2.45, 2.75) is 52.5 Å². The Balaban J connectivity index is 1.64. The number of unbranched alkanes of at least 4 members (excludes halogenated alkanes) is 2. The van der Waals surface area contributed by atoms with Gasteiger partial charge >= 0.3 is 5.97 Å². The van der Waals surface area contributed by atoms with Crippen molar-refractivity contribution in [2.75, 3.05) is 6.61 Å². The fourth-order valence-corrected chi connectivity index (χ4v) is 4.31. The van der Waals surface area contributed by atoms with Gasteiger partial charge in [-0.2, -0.15) is 0 Å². The van der Waals surface area contributed by atoms with Gasteiger partial charge in [0.1, 0.15) is 22.9 Å². The second-order valence-electron chi connectivity index (χ2n) is 10.4. The van der Waals surface area contributed by atoms with Gasteiger partial charge in [-0.25, -0.2) is 9.18 Å². The number of hydrogen-bond donors (Lipinski definition) is 4. The molecule has 43 heavy (non-hydrogen) atoms. The Morgan fingerprint density at radius 1 is 1.05 bits per heavy atom. The minimum atomic E-state index is -1.29. The van der Waals surface area contributed by atoms with Gasteiger partial charge in [0.2, 0.25) is 11.3 Å². The number of rotatable bonds is 14. The molecule has 0 fully saturated rings. The van der Waals surface area contributed by atoms with Crippen molar-refractivity contribution in [3.63, 3.8) is 0 Å². The van der Waals surface area contributed by atoms with Crippen molar-refractivity contribution >= 4 is 24.0 Å². The molecule has 3 aromatic rings. The highest BCUT2D eigenvalue weighted by atomic mass is 19.1. The number of aromatic nitrogens is 1. The molecule has 10 heteroatoms. The lowest BCUT2D eigenvalue weighted by Crippen LogP contribution is -2.25. The van der Waals surface area contributed by atoms with E-state index in [1.165, 1.54) is 24.4 Å². The molecule has 0 bridgehead atoms. The normalized spacial score (nSPS) is 11.0. The second kappa shape index (κ2) is 15.4. The highest BCUT2D eigenvalue weighted by molar-refractivity contribution is 5.97. The first-order valence-electron chi connectivity index (χ1n) is 13.9. The molecule has 1 heterocycles. The van der Waals surface area contributed by atoms with Crippen LogP contribution >= 0.6 is 0 Å². The number of ether oxygens (including phenoxy) is 1. The summed E-state index contributed by atoms with van der Waals surface area (Å²) in [5.41, 5.74) is 2.07. The van der Waals surface area contributed by atoms with E-state index in [4.69, 9.17) is 4.74 Å². The fraction of sp³-hybridized carbons (Fsp3) is 0.303. The summed E-state index contributed by atoms with van der Waals surface area (Å²) in [6.45, 7) is 4.25. The molecule has 0 radical (unpaired) electrons. The summed E-state index contributed by atoms with van der Waals surface area (Å²) in [6, 6.07) is 8.58. The van der Waals surface area contributed by atoms with Gasteiger partial charge in [-0.05, 0) is 68.9 Å². The van der Waals surface area contributed by atoms with Crippen LogP contribution in [-0.2, 0) is 24.8 Å². The van der Waals surface area contributed by atoms with Gasteiger partial charge in [0.15, 0.2) is 5.75 Å². The number of halogens is 1. The molecule has 0 saturated heterocycles. The molecule has 9 nitrogen and oxygen atoms in total. The monoisotopic (exact) mass is 592 g/mol. The van der Waals surface area contributed by atoms with Crippen molar-refractivity contribution in [1.82, 2.24) is 9.88 Å². The van der Waals surface area contributed by atoms with Crippen LogP contribution in [0.5, 0.6) is 17.2 Å². The zero-order valence-electron chi connectivity index (χ0n) is 24.5. The Kier molecular flexibility index (Phi) is 11.7. The Bertz CT molecular complexity index is 1570. The first-order chi connectivity index (χ1) is 20.5. The number of carboxylic acids is 1. The molecule has 0 atom stereocenters. The molecule has 1 aromatic heterocycles. The zero-order chi connectivity index (χ0) is 31.5. The third-order valence-electron chi connectivity index (χ3n) is 6.74. The van der Waals surface area contributed by atoms with E-state index in [1.54, 1.807) is 42.0 Å². The van der Waals surface area contributed by atoms with E-state index >= 15 is 0 Å². The number of aryl methyl sites for hydroxylation is 1. The maximum atomic E-state index is 13.3. The largest absolute Gasteiger partial charge is 0.507 e. The van der Waals surface area contributed by atoms with Crippen molar-refractivity contribution in [3.05, 3.63) is 98.2 Å². The van der Waals surface area contributed by atoms with E-state index in [1.807, 2.05) is 19.9 Å². The summed E-state index contributed by atoms with van der Waals surface area (Å²) < 4.78 is 20.9. The van der Waals surface area contributed by atoms with Crippen LogP contribution in [0.2, 0.25) is 0 Å². The number of benzene rings is 2. The molecule has 0 aliphatic carbocycles. The molecular weight excluding hydrogens is 555 g/mol. The number of carbonyl (C=O) groups excluding carboxylic acids is 1. The number of carboxylic acid groups (broad SMARTS) is 1. The van der Waals surface area contributed by atoms with Crippen LogP contribution in [0.3, 0.4) is 0 Å². The third-order valence-corrected chi connectivity index (χ3v) is 6.74. The number of nitrogens with zero attached hydrogens (tertiary/aromatic N) is 1. The minimum absolute atomic E-state index is 0.163. The van der Waals surface area contributed by atoms with Gasteiger partial charge in [0.05, 0.1) is 13.2 Å². The highest BCUT2D eigenvalue weighted by Gasteiger charge is 2.22. The minimum Gasteiger partial charge on any atom is -0.507 e. The van der Waals surface area contributed by atoms with E-state index in [2.05, 4.69) is 5.32 Å². The Morgan fingerprint density at radius 2 is 1.77 bits per heavy atom. The number of pyridine rings is 1. The topological polar surface area (TPSA) is 138 Å². The fourth-order valence-electron chi connectivity index (χ4n) is 4.31. The molecular formula is C33H37FN2O7. The molecule has 3 rings (SSSR count). The molecule has 0 aliphatic rings. The van der Waals surface area contributed by atoms with E-state index in [9.17, 15) is 34.1 Å². The maximum absolute atomic E-state index is 13.3. The average molecular weight is 593 g/mol. The van der Waals surface area contributed by atoms with Gasteiger partial charge in [0, 0.05) is 37.0 Å². The number of hydrogen-bond acceptors (Lipinski definition) is 6. The summed E-state index contributed by atoms with van der Waals surface area (Å²) in [6.07, 6.45) is 8.81. The lowest BCUT2D eigenvalue weighted by atomic mass is 9.97. The number of aromatic hydroxyl groups is 2. The maximum Gasteiger partial charge on any atom is 0.340 e. The zero-order valence-corrected chi connectivity index (χ0v) is 24.5. The van der Waals surface area contributed by atoms with Crippen LogP contribution in [0.1, 0.15) is 72.3 Å². The predicted octanol–water partition coefficient (Wildman–Crippen LogP) is 5.57. The SMILES string of the molecule is CC(C)=CCc1c(OCCCCCC(=O)NCc2cc(=O)c(O)cn2C)cc(/C=C/c2ccc(F)cc2)c(C(=O)O)c1O. The molecule has 4 N–H and O–H groups in total. The van der Waals surface area contributed by atoms with Crippen molar-refractivity contribution in [3.8, 4) is 17.2 Å². The summed E-state index contributed by atoms with van der Waals surface area (Å²) >= 11 is 0. The van der Waals surface area contributed by atoms with Gasteiger partial charge < -0.3 is 29.9 Å². The van der Waals surface area contributed by atoms with E-state index < -0.39 is 11.4 Å². The Hall–Kier alpha value is -4.86. The smallest absolute Gasteiger partial charge is 0.340 e. The summed E-state index contributed by atoms with van der Waals surface area (Å²) in [5, 5.41) is 33.1. The quantitative estimate of drug-likeness (QED) is 0.109. The average Bonchev–Trinajstić information content (AvgIpc) is 2.94. The van der Waals surface area contributed by atoms with E-state index in [0.29, 0.717) is 41.8 Å². The number of aromatic carboxylic acids is 1. The number of phenols is 1. The summed E-state index contributed by atoms with van der Waals surface area (Å²) in [4.78, 5) is 36.0. The van der Waals surface area contributed by atoms with Gasteiger partial charge in [0.25, 0.3) is 0 Å². The van der Waals surface area contributed by atoms with Gasteiger partial charge in [-0.1, -0.05) is 35.9 Å².